The number of phosphoric ester groups is 1. The van der Waals surface area contributed by atoms with Gasteiger partial charge < -0.3 is 19.8 Å². The van der Waals surface area contributed by atoms with Crippen LogP contribution in [-0.2, 0) is 18.4 Å². The number of quaternary nitrogens is 1. The molecule has 1 amide bonds. The maximum Gasteiger partial charge on any atom is 0.472 e. The highest BCUT2D eigenvalue weighted by Gasteiger charge is 2.27. The maximum absolute atomic E-state index is 13.0. The minimum Gasteiger partial charge on any atom is -0.387 e. The number of carbonyl (C=O) groups is 1. The van der Waals surface area contributed by atoms with Crippen LogP contribution in [-0.4, -0.2) is 73.4 Å². The fourth-order valence-electron chi connectivity index (χ4n) is 7.21. The topological polar surface area (TPSA) is 105 Å². The van der Waals surface area contributed by atoms with Crippen molar-refractivity contribution in [2.45, 2.75) is 219 Å². The van der Waals surface area contributed by atoms with E-state index < -0.39 is 20.0 Å². The van der Waals surface area contributed by atoms with E-state index in [-0.39, 0.29) is 19.1 Å². The summed E-state index contributed by atoms with van der Waals surface area (Å²) in [6.07, 6.45) is 71.8. The molecule has 0 spiro atoms. The number of aliphatic hydroxyl groups excluding tert-OH is 1. The summed E-state index contributed by atoms with van der Waals surface area (Å²) in [4.78, 5) is 23.3. The number of carbonyl (C=O) groups excluding carboxylic acids is 1. The van der Waals surface area contributed by atoms with Gasteiger partial charge in [-0.3, -0.25) is 13.8 Å². The van der Waals surface area contributed by atoms with E-state index >= 15 is 0 Å². The lowest BCUT2D eigenvalue weighted by Crippen LogP contribution is -2.45. The minimum absolute atomic E-state index is 0.0459. The molecule has 390 valence electrons. The van der Waals surface area contributed by atoms with E-state index in [1.165, 1.54) is 83.5 Å². The molecule has 0 aromatic carbocycles. The number of amides is 1. The molecule has 9 heteroatoms. The van der Waals surface area contributed by atoms with Crippen molar-refractivity contribution in [1.82, 2.24) is 5.32 Å². The summed E-state index contributed by atoms with van der Waals surface area (Å²) in [7, 11) is 1.52. The minimum atomic E-state index is -4.37. The van der Waals surface area contributed by atoms with Crippen LogP contribution in [0.3, 0.4) is 0 Å². The molecule has 0 aromatic rings. The molecule has 3 atom stereocenters. The van der Waals surface area contributed by atoms with Gasteiger partial charge in [-0.2, -0.15) is 0 Å². The van der Waals surface area contributed by atoms with Gasteiger partial charge in [-0.15, -0.1) is 0 Å². The molecule has 0 radical (unpaired) electrons. The van der Waals surface area contributed by atoms with E-state index in [1.54, 1.807) is 6.08 Å². The molecule has 0 aliphatic rings. The molecule has 0 aliphatic carbocycles. The average Bonchev–Trinajstić information content (AvgIpc) is 3.30. The molecular weight excluding hydrogens is 864 g/mol. The summed E-state index contributed by atoms with van der Waals surface area (Å²) in [5, 5.41) is 13.9. The third kappa shape index (κ3) is 51.0. The van der Waals surface area contributed by atoms with Crippen LogP contribution in [0.5, 0.6) is 0 Å². The van der Waals surface area contributed by atoms with Crippen LogP contribution in [0.15, 0.2) is 109 Å². The standard InChI is InChI=1S/C59H103N2O6P/c1-6-8-10-12-14-16-18-20-22-24-26-27-28-29-30-31-32-33-35-37-39-41-43-45-47-49-51-53-59(63)60-57(56-67-68(64,65)66-55-54-61(3,4)5)58(62)52-50-48-46-44-42-40-38-36-34-25-23-21-19-17-15-13-11-9-7-2/h8,10,14,16,20,22,26-27,29-30,32-33,37,39,42,44,50,52,57-58,62H,6-7,9,11-13,15,17-19,21,23-25,28,31,34-36,38,40-41,43,45-49,51,53-56H2,1-5H3,(H-,60,63,64,65)/p+1/b10-8-,16-14-,22-20-,27-26-,30-29-,33-32-,39-37-,44-42+,52-50+. The van der Waals surface area contributed by atoms with Crippen LogP contribution in [0.4, 0.5) is 0 Å². The van der Waals surface area contributed by atoms with E-state index in [2.05, 4.69) is 116 Å². The van der Waals surface area contributed by atoms with Crippen LogP contribution < -0.4 is 5.32 Å². The lowest BCUT2D eigenvalue weighted by Gasteiger charge is -2.25. The van der Waals surface area contributed by atoms with E-state index in [1.807, 2.05) is 27.2 Å². The Morgan fingerprint density at radius 1 is 0.515 bits per heavy atom. The van der Waals surface area contributed by atoms with E-state index in [0.29, 0.717) is 17.4 Å². The molecule has 0 aliphatic heterocycles. The van der Waals surface area contributed by atoms with Gasteiger partial charge in [0.05, 0.1) is 39.9 Å². The molecule has 0 rings (SSSR count). The molecular formula is C59H104N2O6P+. The fraction of sp³-hybridized carbons (Fsp3) is 0.678. The second-order valence-electron chi connectivity index (χ2n) is 19.2. The number of hydrogen-bond donors (Lipinski definition) is 3. The molecule has 0 heterocycles. The summed E-state index contributed by atoms with van der Waals surface area (Å²) in [5.41, 5.74) is 0. The van der Waals surface area contributed by atoms with Gasteiger partial charge in [0.2, 0.25) is 5.91 Å². The first-order chi connectivity index (χ1) is 33.0. The summed E-state index contributed by atoms with van der Waals surface area (Å²) >= 11 is 0. The van der Waals surface area contributed by atoms with Gasteiger partial charge >= 0.3 is 7.82 Å². The highest BCUT2D eigenvalue weighted by molar-refractivity contribution is 7.47. The fourth-order valence-corrected chi connectivity index (χ4v) is 7.95. The van der Waals surface area contributed by atoms with Gasteiger partial charge in [0.1, 0.15) is 13.2 Å². The Morgan fingerprint density at radius 2 is 0.897 bits per heavy atom. The van der Waals surface area contributed by atoms with Gasteiger partial charge in [0, 0.05) is 6.42 Å². The van der Waals surface area contributed by atoms with Gasteiger partial charge in [-0.05, 0) is 89.9 Å². The number of phosphoric acid groups is 1. The number of hydrogen-bond acceptors (Lipinski definition) is 5. The molecule has 3 unspecified atom stereocenters. The number of allylic oxidation sites excluding steroid dienone is 17. The van der Waals surface area contributed by atoms with Crippen molar-refractivity contribution in [3.05, 3.63) is 109 Å². The third-order valence-electron chi connectivity index (χ3n) is 11.5. The second-order valence-corrected chi connectivity index (χ2v) is 20.7. The molecule has 0 saturated heterocycles. The first-order valence-electron chi connectivity index (χ1n) is 27.3. The Balaban J connectivity index is 4.39. The molecule has 0 fully saturated rings. The second kappa shape index (κ2) is 49.2. The first kappa shape index (κ1) is 65.2. The molecule has 8 nitrogen and oxygen atoms in total. The molecule has 0 aromatic heterocycles. The summed E-state index contributed by atoms with van der Waals surface area (Å²) in [5.74, 6) is -0.210. The Hall–Kier alpha value is -2.84. The Bertz CT molecular complexity index is 1470. The first-order valence-corrected chi connectivity index (χ1v) is 28.8. The SMILES string of the molecule is CC/C=C\C/C=C\C/C=C\C/C=C\C/C=C\C/C=C\C/C=C\CCCCCCCC(=O)NC(COP(=O)(O)OCC[N+](C)(C)C)C(O)/C=C/CC/C=C/CCCCCCCCCCCCCCC. The number of nitrogens with one attached hydrogen (secondary N) is 1. The smallest absolute Gasteiger partial charge is 0.387 e. The van der Waals surface area contributed by atoms with Crippen molar-refractivity contribution >= 4 is 13.7 Å². The van der Waals surface area contributed by atoms with Gasteiger partial charge in [-0.25, -0.2) is 4.57 Å². The van der Waals surface area contributed by atoms with Crippen LogP contribution in [0.2, 0.25) is 0 Å². The molecule has 68 heavy (non-hydrogen) atoms. The van der Waals surface area contributed by atoms with Crippen molar-refractivity contribution in [3.63, 3.8) is 0 Å². The van der Waals surface area contributed by atoms with Crippen LogP contribution in [0.1, 0.15) is 206 Å². The number of likely N-dealkylation sites (N-methyl/N-ethyl adjacent to an activating group) is 1. The Kier molecular flexibility index (Phi) is 47.1. The monoisotopic (exact) mass is 968 g/mol. The number of rotatable bonds is 48. The zero-order valence-corrected chi connectivity index (χ0v) is 45.2. The number of unbranched alkanes of at least 4 members (excludes halogenated alkanes) is 19. The van der Waals surface area contributed by atoms with Crippen molar-refractivity contribution in [1.29, 1.82) is 0 Å². The van der Waals surface area contributed by atoms with Gasteiger partial charge in [0.15, 0.2) is 0 Å². The zero-order chi connectivity index (χ0) is 49.9. The van der Waals surface area contributed by atoms with Crippen molar-refractivity contribution < 1.29 is 32.9 Å². The van der Waals surface area contributed by atoms with Crippen LogP contribution in [0, 0.1) is 0 Å². The lowest BCUT2D eigenvalue weighted by molar-refractivity contribution is -0.870. The summed E-state index contributed by atoms with van der Waals surface area (Å²) in [6.45, 7) is 4.66. The maximum atomic E-state index is 13.0. The highest BCUT2D eigenvalue weighted by atomic mass is 31.2. The number of aliphatic hydroxyl groups is 1. The van der Waals surface area contributed by atoms with Gasteiger partial charge in [-0.1, -0.05) is 220 Å². The lowest BCUT2D eigenvalue weighted by atomic mass is 10.0. The van der Waals surface area contributed by atoms with E-state index in [9.17, 15) is 19.4 Å². The van der Waals surface area contributed by atoms with Crippen LogP contribution in [0.25, 0.3) is 0 Å². The zero-order valence-electron chi connectivity index (χ0n) is 44.3. The van der Waals surface area contributed by atoms with Crippen LogP contribution >= 0.6 is 7.82 Å². The van der Waals surface area contributed by atoms with E-state index in [4.69, 9.17) is 9.05 Å². The molecule has 0 saturated carbocycles. The normalized spacial score (nSPS) is 14.9. The molecule has 3 N–H and O–H groups in total. The van der Waals surface area contributed by atoms with Gasteiger partial charge in [0.25, 0.3) is 0 Å². The predicted octanol–water partition coefficient (Wildman–Crippen LogP) is 16.4. The van der Waals surface area contributed by atoms with Crippen molar-refractivity contribution in [3.8, 4) is 0 Å². The van der Waals surface area contributed by atoms with Crippen molar-refractivity contribution in [2.75, 3.05) is 40.9 Å². The van der Waals surface area contributed by atoms with E-state index in [0.717, 1.165) is 103 Å². The average molecular weight is 968 g/mol. The Morgan fingerprint density at radius 3 is 1.35 bits per heavy atom. The number of nitrogens with zero attached hydrogens (tertiary/aromatic N) is 1. The summed E-state index contributed by atoms with van der Waals surface area (Å²) < 4.78 is 23.6. The van der Waals surface area contributed by atoms with Crippen molar-refractivity contribution in [2.24, 2.45) is 0 Å². The molecule has 0 bridgehead atoms. The largest absolute Gasteiger partial charge is 0.472 e. The third-order valence-corrected chi connectivity index (χ3v) is 12.5. The Labute approximate surface area is 419 Å². The summed E-state index contributed by atoms with van der Waals surface area (Å²) in [6, 6.07) is -0.882. The quantitative estimate of drug-likeness (QED) is 0.0243. The predicted molar refractivity (Wildman–Crippen MR) is 295 cm³/mol. The highest BCUT2D eigenvalue weighted by Crippen LogP contribution is 2.43.